The SMILES string of the molecule is CCn1nc(C)c2nc(N)n(C3CCCCCC3)c21. The second kappa shape index (κ2) is 4.87. The van der Waals surface area contributed by atoms with Crippen LogP contribution >= 0.6 is 0 Å². The zero-order valence-corrected chi connectivity index (χ0v) is 11.9. The summed E-state index contributed by atoms with van der Waals surface area (Å²) < 4.78 is 4.28. The number of nitrogens with zero attached hydrogens (tertiary/aromatic N) is 4. The second-order valence-corrected chi connectivity index (χ2v) is 5.56. The normalized spacial score (nSPS) is 18.0. The van der Waals surface area contributed by atoms with Gasteiger partial charge in [0.05, 0.1) is 5.69 Å². The van der Waals surface area contributed by atoms with Gasteiger partial charge in [0.1, 0.15) is 5.52 Å². The van der Waals surface area contributed by atoms with Crippen LogP contribution in [0.25, 0.3) is 11.2 Å². The van der Waals surface area contributed by atoms with Gasteiger partial charge in [-0.15, -0.1) is 0 Å². The van der Waals surface area contributed by atoms with E-state index in [4.69, 9.17) is 5.73 Å². The molecular weight excluding hydrogens is 238 g/mol. The molecule has 5 nitrogen and oxygen atoms in total. The first-order chi connectivity index (χ1) is 9.22. The van der Waals surface area contributed by atoms with E-state index >= 15 is 0 Å². The smallest absolute Gasteiger partial charge is 0.202 e. The number of hydrogen-bond acceptors (Lipinski definition) is 3. The topological polar surface area (TPSA) is 61.7 Å². The molecular formula is C14H23N5. The molecule has 2 heterocycles. The highest BCUT2D eigenvalue weighted by molar-refractivity contribution is 5.77. The van der Waals surface area contributed by atoms with Gasteiger partial charge in [-0.3, -0.25) is 4.57 Å². The summed E-state index contributed by atoms with van der Waals surface area (Å²) in [4.78, 5) is 4.54. The highest BCUT2D eigenvalue weighted by atomic mass is 15.4. The van der Waals surface area contributed by atoms with Crippen molar-refractivity contribution in [2.45, 2.75) is 65.0 Å². The summed E-state index contributed by atoms with van der Waals surface area (Å²) in [7, 11) is 0. The second-order valence-electron chi connectivity index (χ2n) is 5.56. The van der Waals surface area contributed by atoms with E-state index in [1.165, 1.54) is 38.5 Å². The monoisotopic (exact) mass is 261 g/mol. The maximum atomic E-state index is 6.18. The number of aryl methyl sites for hydroxylation is 2. The molecule has 0 bridgehead atoms. The average Bonchev–Trinajstić information content (AvgIpc) is 2.75. The summed E-state index contributed by atoms with van der Waals surface area (Å²) in [5, 5.41) is 4.57. The lowest BCUT2D eigenvalue weighted by molar-refractivity contribution is 0.450. The Morgan fingerprint density at radius 2 is 1.89 bits per heavy atom. The Hall–Kier alpha value is -1.52. The molecule has 19 heavy (non-hydrogen) atoms. The van der Waals surface area contributed by atoms with Crippen molar-refractivity contribution >= 4 is 17.1 Å². The van der Waals surface area contributed by atoms with Crippen molar-refractivity contribution in [3.8, 4) is 0 Å². The van der Waals surface area contributed by atoms with Crippen molar-refractivity contribution in [2.75, 3.05) is 5.73 Å². The zero-order valence-electron chi connectivity index (χ0n) is 11.9. The lowest BCUT2D eigenvalue weighted by Gasteiger charge is -2.18. The fraction of sp³-hybridized carbons (Fsp3) is 0.714. The van der Waals surface area contributed by atoms with Crippen molar-refractivity contribution in [3.63, 3.8) is 0 Å². The maximum Gasteiger partial charge on any atom is 0.202 e. The van der Waals surface area contributed by atoms with Gasteiger partial charge < -0.3 is 5.73 Å². The van der Waals surface area contributed by atoms with Crippen LogP contribution in [0.5, 0.6) is 0 Å². The van der Waals surface area contributed by atoms with Gasteiger partial charge in [-0.05, 0) is 26.7 Å². The van der Waals surface area contributed by atoms with Crippen LogP contribution < -0.4 is 5.73 Å². The summed E-state index contributed by atoms with van der Waals surface area (Å²) in [5.74, 6) is 0.657. The Labute approximate surface area is 113 Å². The molecule has 0 saturated heterocycles. The molecule has 2 aromatic heterocycles. The number of nitrogen functional groups attached to an aromatic ring is 1. The van der Waals surface area contributed by atoms with Crippen molar-refractivity contribution in [1.29, 1.82) is 0 Å². The van der Waals surface area contributed by atoms with Gasteiger partial charge in [0.15, 0.2) is 5.65 Å². The van der Waals surface area contributed by atoms with E-state index in [0.717, 1.165) is 23.4 Å². The lowest BCUT2D eigenvalue weighted by atomic mass is 10.1. The van der Waals surface area contributed by atoms with E-state index in [0.29, 0.717) is 12.0 Å². The van der Waals surface area contributed by atoms with E-state index in [1.54, 1.807) is 0 Å². The predicted octanol–water partition coefficient (Wildman–Crippen LogP) is 3.04. The molecule has 0 amide bonds. The molecule has 0 unspecified atom stereocenters. The van der Waals surface area contributed by atoms with E-state index in [1.807, 2.05) is 11.6 Å². The highest BCUT2D eigenvalue weighted by Gasteiger charge is 2.23. The molecule has 0 aromatic carbocycles. The Balaban J connectivity index is 2.12. The van der Waals surface area contributed by atoms with Crippen LogP contribution in [0, 0.1) is 6.92 Å². The maximum absolute atomic E-state index is 6.18. The van der Waals surface area contributed by atoms with Crippen LogP contribution in [0.3, 0.4) is 0 Å². The molecule has 1 fully saturated rings. The summed E-state index contributed by atoms with van der Waals surface area (Å²) >= 11 is 0. The third-order valence-electron chi connectivity index (χ3n) is 4.26. The first-order valence-electron chi connectivity index (χ1n) is 7.43. The lowest BCUT2D eigenvalue weighted by Crippen LogP contribution is -2.14. The quantitative estimate of drug-likeness (QED) is 0.845. The molecule has 104 valence electrons. The molecule has 2 N–H and O–H groups in total. The number of rotatable bonds is 2. The molecule has 0 radical (unpaired) electrons. The van der Waals surface area contributed by atoms with E-state index < -0.39 is 0 Å². The predicted molar refractivity (Wildman–Crippen MR) is 77.1 cm³/mol. The number of fused-ring (bicyclic) bond motifs is 1. The Kier molecular flexibility index (Phi) is 3.21. The number of anilines is 1. The first-order valence-corrected chi connectivity index (χ1v) is 7.43. The van der Waals surface area contributed by atoms with Crippen LogP contribution in [0.15, 0.2) is 0 Å². The zero-order chi connectivity index (χ0) is 13.4. The van der Waals surface area contributed by atoms with Crippen LogP contribution in [0.2, 0.25) is 0 Å². The fourth-order valence-corrected chi connectivity index (χ4v) is 3.30. The minimum Gasteiger partial charge on any atom is -0.369 e. The number of nitrogens with two attached hydrogens (primary N) is 1. The van der Waals surface area contributed by atoms with Gasteiger partial charge in [0.25, 0.3) is 0 Å². The Bertz CT molecular complexity index is 572. The standard InChI is InChI=1S/C14H23N5/c1-3-18-13-12(10(2)17-18)16-14(15)19(13)11-8-6-4-5-7-9-11/h11H,3-9H2,1-2H3,(H2,15,16). The minimum absolute atomic E-state index is 0.494. The van der Waals surface area contributed by atoms with Gasteiger partial charge in [0, 0.05) is 12.6 Å². The highest BCUT2D eigenvalue weighted by Crippen LogP contribution is 2.33. The first kappa shape index (κ1) is 12.5. The van der Waals surface area contributed by atoms with Crippen molar-refractivity contribution in [2.24, 2.45) is 0 Å². The summed E-state index contributed by atoms with van der Waals surface area (Å²) in [6, 6.07) is 0.494. The van der Waals surface area contributed by atoms with Crippen molar-refractivity contribution in [1.82, 2.24) is 19.3 Å². The van der Waals surface area contributed by atoms with Crippen LogP contribution in [0.4, 0.5) is 5.95 Å². The van der Waals surface area contributed by atoms with Crippen LogP contribution in [-0.2, 0) is 6.54 Å². The Morgan fingerprint density at radius 3 is 2.53 bits per heavy atom. The molecule has 0 aliphatic heterocycles. The van der Waals surface area contributed by atoms with Gasteiger partial charge in [0.2, 0.25) is 5.95 Å². The van der Waals surface area contributed by atoms with E-state index in [9.17, 15) is 0 Å². The molecule has 1 aliphatic carbocycles. The number of imidazole rings is 1. The number of hydrogen-bond donors (Lipinski definition) is 1. The van der Waals surface area contributed by atoms with E-state index in [2.05, 4.69) is 21.6 Å². The van der Waals surface area contributed by atoms with Crippen molar-refractivity contribution < 1.29 is 0 Å². The molecule has 2 aromatic rings. The summed E-state index contributed by atoms with van der Waals surface area (Å²) in [6.45, 7) is 4.99. The van der Waals surface area contributed by atoms with Crippen LogP contribution in [0.1, 0.15) is 57.2 Å². The molecule has 3 rings (SSSR count). The average molecular weight is 261 g/mol. The van der Waals surface area contributed by atoms with E-state index in [-0.39, 0.29) is 0 Å². The summed E-state index contributed by atoms with van der Waals surface area (Å²) in [5.41, 5.74) is 9.26. The number of aromatic nitrogens is 4. The third-order valence-corrected chi connectivity index (χ3v) is 4.26. The van der Waals surface area contributed by atoms with Gasteiger partial charge in [-0.25, -0.2) is 9.67 Å². The molecule has 1 aliphatic rings. The van der Waals surface area contributed by atoms with Gasteiger partial charge >= 0.3 is 0 Å². The largest absolute Gasteiger partial charge is 0.369 e. The van der Waals surface area contributed by atoms with Gasteiger partial charge in [-0.1, -0.05) is 25.7 Å². The molecule has 5 heteroatoms. The van der Waals surface area contributed by atoms with Crippen molar-refractivity contribution in [3.05, 3.63) is 5.69 Å². The molecule has 0 atom stereocenters. The van der Waals surface area contributed by atoms with Gasteiger partial charge in [-0.2, -0.15) is 5.10 Å². The third kappa shape index (κ3) is 2.01. The summed E-state index contributed by atoms with van der Waals surface area (Å²) in [6.07, 6.45) is 7.71. The Morgan fingerprint density at radius 1 is 1.21 bits per heavy atom. The molecule has 0 spiro atoms. The fourth-order valence-electron chi connectivity index (χ4n) is 3.30. The van der Waals surface area contributed by atoms with Crippen LogP contribution in [-0.4, -0.2) is 19.3 Å². The molecule has 1 saturated carbocycles. The minimum atomic E-state index is 0.494.